The number of hydrogen-bond donors (Lipinski definition) is 1. The molecule has 2 fully saturated rings. The molecule has 0 bridgehead atoms. The molecule has 0 aromatic carbocycles. The number of carbonyl (C=O) groups is 1. The van der Waals surface area contributed by atoms with Crippen molar-refractivity contribution in [2.24, 2.45) is 5.73 Å². The molecular weight excluding hydrogens is 232 g/mol. The Kier molecular flexibility index (Phi) is 2.83. The van der Waals surface area contributed by atoms with Gasteiger partial charge in [-0.2, -0.15) is 5.10 Å². The number of rotatable bonds is 3. The molecule has 18 heavy (non-hydrogen) atoms. The zero-order valence-electron chi connectivity index (χ0n) is 10.5. The second kappa shape index (κ2) is 4.37. The van der Waals surface area contributed by atoms with Crippen LogP contribution in [0.25, 0.3) is 0 Å². The Morgan fingerprint density at radius 3 is 3.11 bits per heavy atom. The van der Waals surface area contributed by atoms with Crippen molar-refractivity contribution in [1.29, 1.82) is 0 Å². The first-order valence-corrected chi connectivity index (χ1v) is 6.39. The van der Waals surface area contributed by atoms with E-state index in [1.54, 1.807) is 11.1 Å². The highest BCUT2D eigenvalue weighted by atomic mass is 16.5. The second-order valence-electron chi connectivity index (χ2n) is 5.03. The molecule has 0 aliphatic carbocycles. The van der Waals surface area contributed by atoms with E-state index in [4.69, 9.17) is 10.5 Å². The quantitative estimate of drug-likeness (QED) is 0.774. The fourth-order valence-electron chi connectivity index (χ4n) is 2.58. The maximum absolute atomic E-state index is 11.7. The van der Waals surface area contributed by atoms with Crippen LogP contribution in [0.2, 0.25) is 0 Å². The van der Waals surface area contributed by atoms with E-state index >= 15 is 0 Å². The molecule has 0 radical (unpaired) electrons. The standard InChI is InChI=1S/C12H18N4O2/c1-8-11(13)12(17)16(8)9-5-14-15(6-9)7-10-3-2-4-18-10/h5-6,8,10-11H,2-4,7,13H2,1H3/t8-,10+,11-/m1/s1. The lowest BCUT2D eigenvalue weighted by molar-refractivity contribution is -0.125. The summed E-state index contributed by atoms with van der Waals surface area (Å²) in [5, 5.41) is 4.28. The molecule has 3 heterocycles. The molecule has 2 aliphatic rings. The van der Waals surface area contributed by atoms with Crippen molar-refractivity contribution in [1.82, 2.24) is 9.78 Å². The summed E-state index contributed by atoms with van der Waals surface area (Å²) in [4.78, 5) is 13.4. The molecule has 98 valence electrons. The van der Waals surface area contributed by atoms with Gasteiger partial charge in [0, 0.05) is 12.8 Å². The van der Waals surface area contributed by atoms with Crippen LogP contribution in [0.1, 0.15) is 19.8 Å². The Balaban J connectivity index is 1.68. The molecule has 3 rings (SSSR count). The van der Waals surface area contributed by atoms with E-state index in [2.05, 4.69) is 5.10 Å². The average molecular weight is 250 g/mol. The zero-order valence-corrected chi connectivity index (χ0v) is 10.5. The number of anilines is 1. The van der Waals surface area contributed by atoms with E-state index in [-0.39, 0.29) is 24.1 Å². The van der Waals surface area contributed by atoms with Gasteiger partial charge < -0.3 is 15.4 Å². The maximum Gasteiger partial charge on any atom is 0.246 e. The number of hydrogen-bond acceptors (Lipinski definition) is 4. The van der Waals surface area contributed by atoms with E-state index in [9.17, 15) is 4.79 Å². The lowest BCUT2D eigenvalue weighted by Crippen LogP contribution is -2.67. The van der Waals surface area contributed by atoms with Gasteiger partial charge in [-0.1, -0.05) is 0 Å². The highest BCUT2D eigenvalue weighted by molar-refractivity contribution is 6.05. The SMILES string of the molecule is C[C@@H]1[C@@H](N)C(=O)N1c1cnn(C[C@@H]2CCCO2)c1. The van der Waals surface area contributed by atoms with Crippen molar-refractivity contribution in [3.63, 3.8) is 0 Å². The Morgan fingerprint density at radius 1 is 1.61 bits per heavy atom. The van der Waals surface area contributed by atoms with E-state index in [0.717, 1.165) is 31.7 Å². The monoisotopic (exact) mass is 250 g/mol. The molecule has 0 unspecified atom stereocenters. The molecule has 0 saturated carbocycles. The van der Waals surface area contributed by atoms with E-state index < -0.39 is 0 Å². The van der Waals surface area contributed by atoms with Gasteiger partial charge in [0.25, 0.3) is 0 Å². The van der Waals surface area contributed by atoms with Gasteiger partial charge in [0.1, 0.15) is 6.04 Å². The number of β-lactam (4-membered cyclic amide) rings is 1. The number of carbonyl (C=O) groups excluding carboxylic acids is 1. The van der Waals surface area contributed by atoms with Crippen LogP contribution in [0.15, 0.2) is 12.4 Å². The fraction of sp³-hybridized carbons (Fsp3) is 0.667. The zero-order chi connectivity index (χ0) is 12.7. The minimum atomic E-state index is -0.369. The van der Waals surface area contributed by atoms with Gasteiger partial charge in [-0.25, -0.2) is 0 Å². The summed E-state index contributed by atoms with van der Waals surface area (Å²) in [5.74, 6) is -0.0285. The van der Waals surface area contributed by atoms with Gasteiger partial charge in [-0.05, 0) is 19.8 Å². The van der Waals surface area contributed by atoms with Gasteiger partial charge >= 0.3 is 0 Å². The van der Waals surface area contributed by atoms with Crippen molar-refractivity contribution in [2.45, 2.75) is 44.5 Å². The summed E-state index contributed by atoms with van der Waals surface area (Å²) in [6.45, 7) is 3.54. The summed E-state index contributed by atoms with van der Waals surface area (Å²) < 4.78 is 7.41. The number of nitrogens with zero attached hydrogens (tertiary/aromatic N) is 3. The van der Waals surface area contributed by atoms with Crippen molar-refractivity contribution in [2.75, 3.05) is 11.5 Å². The van der Waals surface area contributed by atoms with E-state index in [1.165, 1.54) is 0 Å². The van der Waals surface area contributed by atoms with Crippen molar-refractivity contribution >= 4 is 11.6 Å². The van der Waals surface area contributed by atoms with Gasteiger partial charge in [-0.15, -0.1) is 0 Å². The fourth-order valence-corrected chi connectivity index (χ4v) is 2.58. The van der Waals surface area contributed by atoms with E-state index in [0.29, 0.717) is 0 Å². The molecule has 1 amide bonds. The van der Waals surface area contributed by atoms with Crippen LogP contribution in [0, 0.1) is 0 Å². The third kappa shape index (κ3) is 1.81. The lowest BCUT2D eigenvalue weighted by atomic mass is 9.97. The van der Waals surface area contributed by atoms with Gasteiger partial charge in [0.05, 0.1) is 30.6 Å². The summed E-state index contributed by atoms with van der Waals surface area (Å²) in [7, 11) is 0. The topological polar surface area (TPSA) is 73.4 Å². The molecule has 2 saturated heterocycles. The highest BCUT2D eigenvalue weighted by Crippen LogP contribution is 2.26. The number of aromatic nitrogens is 2. The smallest absolute Gasteiger partial charge is 0.246 e. The highest BCUT2D eigenvalue weighted by Gasteiger charge is 2.43. The molecule has 6 nitrogen and oxygen atoms in total. The van der Waals surface area contributed by atoms with Crippen LogP contribution >= 0.6 is 0 Å². The molecule has 6 heteroatoms. The Hall–Kier alpha value is -1.40. The molecule has 2 aliphatic heterocycles. The molecule has 0 spiro atoms. The van der Waals surface area contributed by atoms with Crippen LogP contribution in [0.3, 0.4) is 0 Å². The van der Waals surface area contributed by atoms with Crippen LogP contribution in [-0.4, -0.2) is 40.5 Å². The van der Waals surface area contributed by atoms with Crippen LogP contribution < -0.4 is 10.6 Å². The minimum absolute atomic E-state index is 0.0285. The number of nitrogens with two attached hydrogens (primary N) is 1. The number of ether oxygens (including phenoxy) is 1. The van der Waals surface area contributed by atoms with Crippen LogP contribution in [-0.2, 0) is 16.1 Å². The van der Waals surface area contributed by atoms with Crippen molar-refractivity contribution in [3.8, 4) is 0 Å². The van der Waals surface area contributed by atoms with Gasteiger partial charge in [0.2, 0.25) is 5.91 Å². The molecule has 1 aromatic rings. The lowest BCUT2D eigenvalue weighted by Gasteiger charge is -2.42. The van der Waals surface area contributed by atoms with Gasteiger partial charge in [-0.3, -0.25) is 9.48 Å². The second-order valence-corrected chi connectivity index (χ2v) is 5.03. The third-order valence-corrected chi connectivity index (χ3v) is 3.76. The Bertz CT molecular complexity index is 453. The number of amides is 1. The summed E-state index contributed by atoms with van der Waals surface area (Å²) in [6.07, 6.45) is 6.07. The first-order chi connectivity index (χ1) is 8.66. The maximum atomic E-state index is 11.7. The minimum Gasteiger partial charge on any atom is -0.376 e. The molecule has 3 atom stereocenters. The van der Waals surface area contributed by atoms with E-state index in [1.807, 2.05) is 17.8 Å². The summed E-state index contributed by atoms with van der Waals surface area (Å²) >= 11 is 0. The molecular formula is C12H18N4O2. The van der Waals surface area contributed by atoms with Crippen molar-refractivity contribution < 1.29 is 9.53 Å². The van der Waals surface area contributed by atoms with Crippen molar-refractivity contribution in [3.05, 3.63) is 12.4 Å². The first-order valence-electron chi connectivity index (χ1n) is 6.39. The largest absolute Gasteiger partial charge is 0.376 e. The average Bonchev–Trinajstić information content (AvgIpc) is 3.02. The van der Waals surface area contributed by atoms with Gasteiger partial charge in [0.15, 0.2) is 0 Å². The Morgan fingerprint density at radius 2 is 2.44 bits per heavy atom. The predicted molar refractivity (Wildman–Crippen MR) is 66.1 cm³/mol. The Labute approximate surface area is 106 Å². The third-order valence-electron chi connectivity index (χ3n) is 3.76. The molecule has 2 N–H and O–H groups in total. The molecule has 1 aromatic heterocycles. The summed E-state index contributed by atoms with van der Waals surface area (Å²) in [6, 6.07) is -0.315. The van der Waals surface area contributed by atoms with Crippen LogP contribution in [0.5, 0.6) is 0 Å². The van der Waals surface area contributed by atoms with Crippen LogP contribution in [0.4, 0.5) is 5.69 Å². The normalized spacial score (nSPS) is 31.8. The first kappa shape index (κ1) is 11.7. The summed E-state index contributed by atoms with van der Waals surface area (Å²) in [5.41, 5.74) is 6.52. The predicted octanol–water partition coefficient (Wildman–Crippen LogP) is 0.124.